The van der Waals surface area contributed by atoms with E-state index >= 15 is 0 Å². The topological polar surface area (TPSA) is 88.5 Å². The average Bonchev–Trinajstić information content (AvgIpc) is 2.93. The van der Waals surface area contributed by atoms with Crippen LogP contribution in [0.4, 0.5) is 22.8 Å². The molecule has 0 radical (unpaired) electrons. The van der Waals surface area contributed by atoms with Gasteiger partial charge in [-0.3, -0.25) is 0 Å². The average molecular weight is 631 g/mol. The van der Waals surface area contributed by atoms with Gasteiger partial charge in [0.2, 0.25) is 0 Å². The van der Waals surface area contributed by atoms with E-state index in [-0.39, 0.29) is 24.5 Å². The first-order chi connectivity index (χ1) is 20.5. The van der Waals surface area contributed by atoms with Crippen LogP contribution in [0.25, 0.3) is 0 Å². The number of benzene rings is 1. The zero-order chi connectivity index (χ0) is 33.0. The minimum atomic E-state index is -4.36. The number of nitrogens with zero attached hydrogens (tertiary/aromatic N) is 2. The van der Waals surface area contributed by atoms with Crippen LogP contribution in [-0.2, 0) is 15.7 Å². The van der Waals surface area contributed by atoms with Crippen molar-refractivity contribution in [1.82, 2.24) is 9.80 Å². The second kappa shape index (κ2) is 17.1. The SMILES string of the molecule is CC(C)(C)OC(=O)N1CCC(CCCO)CC1.CC(C)(C)OC(=O)N1CCC(CCCOc2cccc(C(F)(F)F)c2)CC1. The highest BCUT2D eigenvalue weighted by atomic mass is 19.4. The number of aliphatic hydroxyl groups excluding tert-OH is 1. The fourth-order valence-corrected chi connectivity index (χ4v) is 5.17. The molecule has 252 valence electrons. The summed E-state index contributed by atoms with van der Waals surface area (Å²) in [4.78, 5) is 27.4. The molecule has 2 saturated heterocycles. The van der Waals surface area contributed by atoms with Gasteiger partial charge in [-0.15, -0.1) is 0 Å². The number of hydrogen-bond donors (Lipinski definition) is 1. The Balaban J connectivity index is 0.000000342. The summed E-state index contributed by atoms with van der Waals surface area (Å²) in [5.41, 5.74) is -1.60. The van der Waals surface area contributed by atoms with Crippen molar-refractivity contribution < 1.29 is 42.1 Å². The molecular formula is C33H53F3N2O6. The molecule has 2 heterocycles. The molecule has 0 unspecified atom stereocenters. The van der Waals surface area contributed by atoms with Crippen molar-refractivity contribution >= 4 is 12.2 Å². The molecule has 2 aliphatic heterocycles. The van der Waals surface area contributed by atoms with E-state index in [0.29, 0.717) is 31.5 Å². The number of ether oxygens (including phenoxy) is 3. The van der Waals surface area contributed by atoms with Gasteiger partial charge in [-0.1, -0.05) is 6.07 Å². The smallest absolute Gasteiger partial charge is 0.416 e. The molecule has 1 N–H and O–H groups in total. The van der Waals surface area contributed by atoms with Crippen LogP contribution in [0.15, 0.2) is 24.3 Å². The molecule has 0 bridgehead atoms. The zero-order valence-corrected chi connectivity index (χ0v) is 27.4. The van der Waals surface area contributed by atoms with Crippen molar-refractivity contribution in [2.45, 2.75) is 110 Å². The first-order valence-electron chi connectivity index (χ1n) is 15.8. The maximum Gasteiger partial charge on any atom is 0.416 e. The predicted molar refractivity (Wildman–Crippen MR) is 164 cm³/mol. The first-order valence-corrected chi connectivity index (χ1v) is 15.8. The summed E-state index contributed by atoms with van der Waals surface area (Å²) in [7, 11) is 0. The molecule has 0 aromatic heterocycles. The summed E-state index contributed by atoms with van der Waals surface area (Å²) in [5, 5.41) is 8.78. The summed E-state index contributed by atoms with van der Waals surface area (Å²) in [6.45, 7) is 14.8. The van der Waals surface area contributed by atoms with Gasteiger partial charge < -0.3 is 29.1 Å². The molecule has 11 heteroatoms. The summed E-state index contributed by atoms with van der Waals surface area (Å²) in [6.07, 6.45) is 2.68. The van der Waals surface area contributed by atoms with Gasteiger partial charge >= 0.3 is 18.4 Å². The lowest BCUT2D eigenvalue weighted by Gasteiger charge is -2.33. The van der Waals surface area contributed by atoms with E-state index in [1.165, 1.54) is 12.1 Å². The molecule has 2 aliphatic rings. The third-order valence-electron chi connectivity index (χ3n) is 7.49. The maximum absolute atomic E-state index is 12.7. The Morgan fingerprint density at radius 2 is 1.25 bits per heavy atom. The standard InChI is InChI=1S/C20H28F3NO3.C13H25NO3/c1-19(2,3)27-18(25)24-11-9-15(10-12-24)6-5-13-26-17-8-4-7-16(14-17)20(21,22)23;1-13(2,3)17-12(16)14-8-6-11(7-9-14)5-4-10-15/h4,7-8,14-15H,5-6,9-13H2,1-3H3;11,15H,4-10H2,1-3H3. The number of rotatable bonds is 8. The fourth-order valence-electron chi connectivity index (χ4n) is 5.17. The molecule has 44 heavy (non-hydrogen) atoms. The number of halogens is 3. The number of piperidine rings is 2. The van der Waals surface area contributed by atoms with Crippen LogP contribution < -0.4 is 4.74 Å². The number of aliphatic hydroxyl groups is 1. The van der Waals surface area contributed by atoms with Crippen molar-refractivity contribution in [3.05, 3.63) is 29.8 Å². The highest BCUT2D eigenvalue weighted by Gasteiger charge is 2.31. The van der Waals surface area contributed by atoms with Crippen molar-refractivity contribution in [2.75, 3.05) is 39.4 Å². The molecule has 2 fully saturated rings. The number of likely N-dealkylation sites (tertiary alicyclic amines) is 2. The van der Waals surface area contributed by atoms with Crippen LogP contribution in [0, 0.1) is 11.8 Å². The number of alkyl halides is 3. The first kappa shape index (κ1) is 37.5. The largest absolute Gasteiger partial charge is 0.494 e. The molecule has 1 aromatic carbocycles. The van der Waals surface area contributed by atoms with Gasteiger partial charge in [0.25, 0.3) is 0 Å². The van der Waals surface area contributed by atoms with E-state index in [1.54, 1.807) is 9.80 Å². The van der Waals surface area contributed by atoms with Crippen LogP contribution in [-0.4, -0.2) is 77.7 Å². The number of hydrogen-bond acceptors (Lipinski definition) is 6. The molecular weight excluding hydrogens is 577 g/mol. The van der Waals surface area contributed by atoms with Crippen LogP contribution in [0.2, 0.25) is 0 Å². The molecule has 3 rings (SSSR count). The minimum absolute atomic E-state index is 0.196. The zero-order valence-electron chi connectivity index (χ0n) is 27.4. The molecule has 2 amide bonds. The van der Waals surface area contributed by atoms with E-state index in [9.17, 15) is 22.8 Å². The third kappa shape index (κ3) is 14.9. The quantitative estimate of drug-likeness (QED) is 0.294. The van der Waals surface area contributed by atoms with Gasteiger partial charge in [0.05, 0.1) is 12.2 Å². The molecule has 0 saturated carbocycles. The number of carbonyl (C=O) groups excluding carboxylic acids is 2. The van der Waals surface area contributed by atoms with Crippen LogP contribution >= 0.6 is 0 Å². The van der Waals surface area contributed by atoms with Gasteiger partial charge in [0.1, 0.15) is 17.0 Å². The number of amides is 2. The van der Waals surface area contributed by atoms with E-state index in [1.807, 2.05) is 41.5 Å². The molecule has 1 aromatic rings. The van der Waals surface area contributed by atoms with Crippen LogP contribution in [0.5, 0.6) is 5.75 Å². The lowest BCUT2D eigenvalue weighted by Crippen LogP contribution is -2.41. The van der Waals surface area contributed by atoms with E-state index < -0.39 is 22.9 Å². The second-order valence-corrected chi connectivity index (χ2v) is 13.7. The minimum Gasteiger partial charge on any atom is -0.494 e. The van der Waals surface area contributed by atoms with E-state index in [0.717, 1.165) is 76.6 Å². The Bertz CT molecular complexity index is 1010. The Morgan fingerprint density at radius 3 is 1.66 bits per heavy atom. The van der Waals surface area contributed by atoms with E-state index in [2.05, 4.69) is 0 Å². The van der Waals surface area contributed by atoms with Crippen molar-refractivity contribution in [3.63, 3.8) is 0 Å². The third-order valence-corrected chi connectivity index (χ3v) is 7.49. The van der Waals surface area contributed by atoms with Gasteiger partial charge in [0, 0.05) is 32.8 Å². The van der Waals surface area contributed by atoms with E-state index in [4.69, 9.17) is 19.3 Å². The van der Waals surface area contributed by atoms with Crippen LogP contribution in [0.3, 0.4) is 0 Å². The molecule has 0 aliphatic carbocycles. The van der Waals surface area contributed by atoms with Crippen molar-refractivity contribution in [1.29, 1.82) is 0 Å². The van der Waals surface area contributed by atoms with Gasteiger partial charge in [-0.2, -0.15) is 13.2 Å². The maximum atomic E-state index is 12.7. The highest BCUT2D eigenvalue weighted by Crippen LogP contribution is 2.31. The van der Waals surface area contributed by atoms with Gasteiger partial charge in [-0.05, 0) is 123 Å². The molecule has 8 nitrogen and oxygen atoms in total. The number of carbonyl (C=O) groups is 2. The van der Waals surface area contributed by atoms with Crippen LogP contribution in [0.1, 0.15) is 98.5 Å². The summed E-state index contributed by atoms with van der Waals surface area (Å²) in [5.74, 6) is 1.39. The Morgan fingerprint density at radius 1 is 0.795 bits per heavy atom. The summed E-state index contributed by atoms with van der Waals surface area (Å²) >= 11 is 0. The lowest BCUT2D eigenvalue weighted by atomic mass is 9.92. The summed E-state index contributed by atoms with van der Waals surface area (Å²) in [6, 6.07) is 4.95. The van der Waals surface area contributed by atoms with Crippen molar-refractivity contribution in [2.24, 2.45) is 11.8 Å². The van der Waals surface area contributed by atoms with Gasteiger partial charge in [-0.25, -0.2) is 9.59 Å². The summed E-state index contributed by atoms with van der Waals surface area (Å²) < 4.78 is 54.2. The second-order valence-electron chi connectivity index (χ2n) is 13.7. The normalized spacial score (nSPS) is 17.0. The van der Waals surface area contributed by atoms with Gasteiger partial charge in [0.15, 0.2) is 0 Å². The predicted octanol–water partition coefficient (Wildman–Crippen LogP) is 7.92. The molecule has 0 atom stereocenters. The van der Waals surface area contributed by atoms with Crippen molar-refractivity contribution in [3.8, 4) is 5.75 Å². The molecule has 0 spiro atoms. The lowest BCUT2D eigenvalue weighted by molar-refractivity contribution is -0.137. The Labute approximate surface area is 261 Å². The Kier molecular flexibility index (Phi) is 14.6. The monoisotopic (exact) mass is 630 g/mol. The highest BCUT2D eigenvalue weighted by molar-refractivity contribution is 5.68. The fraction of sp³-hybridized carbons (Fsp3) is 0.758. The Hall–Kier alpha value is -2.69.